The molecule has 1 fully saturated rings. The highest BCUT2D eigenvalue weighted by Crippen LogP contribution is 2.21. The second-order valence-corrected chi connectivity index (χ2v) is 5.29. The molecule has 1 aromatic rings. The molecule has 0 spiro atoms. The van der Waals surface area contributed by atoms with E-state index in [9.17, 15) is 4.79 Å². The topological polar surface area (TPSA) is 59.2 Å². The molecule has 1 saturated heterocycles. The maximum Gasteiger partial charge on any atom is 0.228 e. The number of nitrogens with zero attached hydrogens (tertiary/aromatic N) is 2. The van der Waals surface area contributed by atoms with Crippen LogP contribution in [-0.2, 0) is 11.2 Å². The van der Waals surface area contributed by atoms with E-state index in [1.54, 1.807) is 12.3 Å². The Morgan fingerprint density at radius 3 is 3.00 bits per heavy atom. The molecular formula is C15H23N3O. The summed E-state index contributed by atoms with van der Waals surface area (Å²) in [5.41, 5.74) is 7.05. The number of nitrogens with two attached hydrogens (primary N) is 1. The number of likely N-dealkylation sites (tertiary alicyclic amines) is 1. The van der Waals surface area contributed by atoms with Crippen LogP contribution in [0.25, 0.3) is 0 Å². The largest absolute Gasteiger partial charge is 0.397 e. The number of anilines is 1. The summed E-state index contributed by atoms with van der Waals surface area (Å²) in [6.07, 6.45) is 7.77. The Kier molecular flexibility index (Phi) is 4.77. The van der Waals surface area contributed by atoms with Gasteiger partial charge in [-0.2, -0.15) is 0 Å². The van der Waals surface area contributed by atoms with Gasteiger partial charge in [-0.1, -0.05) is 13.3 Å². The van der Waals surface area contributed by atoms with Crippen LogP contribution in [0.2, 0.25) is 0 Å². The lowest BCUT2D eigenvalue weighted by molar-refractivity contribution is -0.134. The highest BCUT2D eigenvalue weighted by molar-refractivity contribution is 5.78. The zero-order valence-corrected chi connectivity index (χ0v) is 11.6. The molecule has 4 nitrogen and oxygen atoms in total. The first-order valence-corrected chi connectivity index (χ1v) is 7.20. The van der Waals surface area contributed by atoms with Crippen molar-refractivity contribution in [2.75, 3.05) is 12.3 Å². The van der Waals surface area contributed by atoms with E-state index in [2.05, 4.69) is 16.8 Å². The van der Waals surface area contributed by atoms with Gasteiger partial charge in [-0.05, 0) is 37.8 Å². The zero-order valence-electron chi connectivity index (χ0n) is 11.6. The molecular weight excluding hydrogens is 238 g/mol. The highest BCUT2D eigenvalue weighted by atomic mass is 16.2. The monoisotopic (exact) mass is 261 g/mol. The first kappa shape index (κ1) is 13.8. The number of amides is 1. The molecule has 0 aliphatic carbocycles. The van der Waals surface area contributed by atoms with Crippen LogP contribution in [0.1, 0.15) is 44.7 Å². The molecule has 1 unspecified atom stereocenters. The molecule has 1 aliphatic rings. The van der Waals surface area contributed by atoms with Gasteiger partial charge in [-0.25, -0.2) is 0 Å². The van der Waals surface area contributed by atoms with Crippen molar-refractivity contribution < 1.29 is 4.79 Å². The molecule has 1 aromatic heterocycles. The molecule has 0 radical (unpaired) electrons. The average molecular weight is 261 g/mol. The Labute approximate surface area is 115 Å². The van der Waals surface area contributed by atoms with E-state index in [4.69, 9.17) is 5.73 Å². The first-order valence-electron chi connectivity index (χ1n) is 7.20. The minimum atomic E-state index is 0.204. The quantitative estimate of drug-likeness (QED) is 0.905. The van der Waals surface area contributed by atoms with Gasteiger partial charge in [0, 0.05) is 18.3 Å². The molecule has 1 atom stereocenters. The molecule has 0 saturated carbocycles. The number of carbonyl (C=O) groups is 1. The third-order valence-corrected chi connectivity index (χ3v) is 3.75. The van der Waals surface area contributed by atoms with E-state index >= 15 is 0 Å². The Morgan fingerprint density at radius 1 is 1.47 bits per heavy atom. The van der Waals surface area contributed by atoms with Crippen LogP contribution in [0, 0.1) is 0 Å². The van der Waals surface area contributed by atoms with E-state index in [1.165, 1.54) is 6.42 Å². The van der Waals surface area contributed by atoms with Crippen molar-refractivity contribution >= 4 is 11.6 Å². The zero-order chi connectivity index (χ0) is 13.7. The lowest BCUT2D eigenvalue weighted by Gasteiger charge is -2.35. The van der Waals surface area contributed by atoms with E-state index in [1.807, 2.05) is 6.07 Å². The second kappa shape index (κ2) is 6.55. The maximum atomic E-state index is 12.4. The molecule has 104 valence electrons. The van der Waals surface area contributed by atoms with Gasteiger partial charge in [-0.3, -0.25) is 9.78 Å². The lowest BCUT2D eigenvalue weighted by Crippen LogP contribution is -2.44. The fraction of sp³-hybridized carbons (Fsp3) is 0.600. The van der Waals surface area contributed by atoms with E-state index in [0.29, 0.717) is 18.2 Å². The van der Waals surface area contributed by atoms with Crippen molar-refractivity contribution in [3.05, 3.63) is 24.0 Å². The first-order chi connectivity index (χ1) is 9.20. The summed E-state index contributed by atoms with van der Waals surface area (Å²) in [6, 6.07) is 4.07. The fourth-order valence-corrected chi connectivity index (χ4v) is 2.76. The van der Waals surface area contributed by atoms with Gasteiger partial charge in [0.05, 0.1) is 18.3 Å². The van der Waals surface area contributed by atoms with Gasteiger partial charge in [0.25, 0.3) is 0 Å². The van der Waals surface area contributed by atoms with Crippen LogP contribution < -0.4 is 5.73 Å². The summed E-state index contributed by atoms with van der Waals surface area (Å²) >= 11 is 0. The number of rotatable bonds is 4. The summed E-state index contributed by atoms with van der Waals surface area (Å²) in [5.74, 6) is 0.204. The highest BCUT2D eigenvalue weighted by Gasteiger charge is 2.25. The number of nitrogen functional groups attached to an aromatic ring is 1. The van der Waals surface area contributed by atoms with Gasteiger partial charge < -0.3 is 10.6 Å². The Balaban J connectivity index is 1.99. The summed E-state index contributed by atoms with van der Waals surface area (Å²) in [4.78, 5) is 18.7. The predicted molar refractivity (Wildman–Crippen MR) is 76.6 cm³/mol. The SMILES string of the molecule is CCCC1CCCCN1C(=O)Cc1ccc(N)cn1. The average Bonchev–Trinajstić information content (AvgIpc) is 2.42. The third kappa shape index (κ3) is 3.69. The third-order valence-electron chi connectivity index (χ3n) is 3.75. The molecule has 4 heteroatoms. The smallest absolute Gasteiger partial charge is 0.228 e. The second-order valence-electron chi connectivity index (χ2n) is 5.29. The number of piperidine rings is 1. The number of carbonyl (C=O) groups excluding carboxylic acids is 1. The van der Waals surface area contributed by atoms with Crippen molar-refractivity contribution in [2.45, 2.75) is 51.5 Å². The van der Waals surface area contributed by atoms with Crippen LogP contribution in [0.4, 0.5) is 5.69 Å². The lowest BCUT2D eigenvalue weighted by atomic mass is 9.97. The van der Waals surface area contributed by atoms with E-state index in [0.717, 1.165) is 37.9 Å². The van der Waals surface area contributed by atoms with Crippen LogP contribution in [0.5, 0.6) is 0 Å². The minimum Gasteiger partial charge on any atom is -0.397 e. The molecule has 19 heavy (non-hydrogen) atoms. The Morgan fingerprint density at radius 2 is 2.32 bits per heavy atom. The number of pyridine rings is 1. The van der Waals surface area contributed by atoms with E-state index < -0.39 is 0 Å². The number of hydrogen-bond donors (Lipinski definition) is 1. The molecule has 1 aliphatic heterocycles. The van der Waals surface area contributed by atoms with Crippen molar-refractivity contribution in [3.63, 3.8) is 0 Å². The van der Waals surface area contributed by atoms with Crippen LogP contribution in [0.15, 0.2) is 18.3 Å². The Bertz CT molecular complexity index is 414. The van der Waals surface area contributed by atoms with Crippen molar-refractivity contribution in [3.8, 4) is 0 Å². The van der Waals surface area contributed by atoms with Gasteiger partial charge in [0.15, 0.2) is 0 Å². The summed E-state index contributed by atoms with van der Waals surface area (Å²) in [6.45, 7) is 3.08. The van der Waals surface area contributed by atoms with Gasteiger partial charge in [-0.15, -0.1) is 0 Å². The summed E-state index contributed by atoms with van der Waals surface area (Å²) in [5, 5.41) is 0. The molecule has 1 amide bonds. The summed E-state index contributed by atoms with van der Waals surface area (Å²) < 4.78 is 0. The van der Waals surface area contributed by atoms with Crippen LogP contribution in [0.3, 0.4) is 0 Å². The normalized spacial score (nSPS) is 19.4. The number of aromatic nitrogens is 1. The molecule has 0 aromatic carbocycles. The predicted octanol–water partition coefficient (Wildman–Crippen LogP) is 2.39. The van der Waals surface area contributed by atoms with Crippen molar-refractivity contribution in [2.24, 2.45) is 0 Å². The van der Waals surface area contributed by atoms with Gasteiger partial charge >= 0.3 is 0 Å². The minimum absolute atomic E-state index is 0.204. The van der Waals surface area contributed by atoms with E-state index in [-0.39, 0.29) is 5.91 Å². The molecule has 0 bridgehead atoms. The van der Waals surface area contributed by atoms with Gasteiger partial charge in [0.1, 0.15) is 0 Å². The summed E-state index contributed by atoms with van der Waals surface area (Å²) in [7, 11) is 0. The standard InChI is InChI=1S/C15H23N3O/c1-2-5-14-6-3-4-9-18(14)15(19)10-13-8-7-12(16)11-17-13/h7-8,11,14H,2-6,9-10,16H2,1H3. The van der Waals surface area contributed by atoms with Crippen LogP contribution in [-0.4, -0.2) is 28.4 Å². The Hall–Kier alpha value is -1.58. The fourth-order valence-electron chi connectivity index (χ4n) is 2.76. The van der Waals surface area contributed by atoms with Crippen molar-refractivity contribution in [1.29, 1.82) is 0 Å². The molecule has 2 rings (SSSR count). The van der Waals surface area contributed by atoms with Crippen molar-refractivity contribution in [1.82, 2.24) is 9.88 Å². The maximum absolute atomic E-state index is 12.4. The molecule has 2 N–H and O–H groups in total. The molecule has 2 heterocycles. The van der Waals surface area contributed by atoms with Crippen LogP contribution >= 0.6 is 0 Å². The number of hydrogen-bond acceptors (Lipinski definition) is 3. The van der Waals surface area contributed by atoms with Gasteiger partial charge in [0.2, 0.25) is 5.91 Å².